The SMILES string of the molecule is Nc1nc2nc(CCCc3csc(N)n3)[nH]c2c(=O)[nH]1. The molecule has 3 rings (SSSR count). The highest BCUT2D eigenvalue weighted by Crippen LogP contribution is 2.14. The number of hydrogen-bond donors (Lipinski definition) is 4. The monoisotopic (exact) mass is 291 g/mol. The molecule has 9 heteroatoms. The van der Waals surface area contributed by atoms with Crippen molar-refractivity contribution in [1.82, 2.24) is 24.9 Å². The number of anilines is 2. The van der Waals surface area contributed by atoms with Gasteiger partial charge in [-0.05, 0) is 12.8 Å². The van der Waals surface area contributed by atoms with Crippen LogP contribution in [0.2, 0.25) is 0 Å². The maximum Gasteiger partial charge on any atom is 0.278 e. The van der Waals surface area contributed by atoms with Crippen LogP contribution in [0.4, 0.5) is 11.1 Å². The molecule has 3 heterocycles. The molecule has 0 atom stereocenters. The fraction of sp³-hybridized carbons (Fsp3) is 0.273. The number of H-pyrrole nitrogens is 2. The van der Waals surface area contributed by atoms with Crippen molar-refractivity contribution in [2.45, 2.75) is 19.3 Å². The van der Waals surface area contributed by atoms with Crippen molar-refractivity contribution in [3.05, 3.63) is 27.3 Å². The molecular formula is C11H13N7OS. The molecule has 0 spiro atoms. The predicted octanol–water partition coefficient (Wildman–Crippen LogP) is 0.442. The number of imidazole rings is 1. The summed E-state index contributed by atoms with van der Waals surface area (Å²) in [6, 6.07) is 0. The number of hydrogen-bond acceptors (Lipinski definition) is 7. The lowest BCUT2D eigenvalue weighted by atomic mass is 10.2. The molecule has 0 bridgehead atoms. The zero-order valence-electron chi connectivity index (χ0n) is 10.5. The molecule has 0 aliphatic carbocycles. The quantitative estimate of drug-likeness (QED) is 0.550. The summed E-state index contributed by atoms with van der Waals surface area (Å²) < 4.78 is 0. The zero-order chi connectivity index (χ0) is 14.1. The first kappa shape index (κ1) is 12.6. The first-order valence-electron chi connectivity index (χ1n) is 6.06. The summed E-state index contributed by atoms with van der Waals surface area (Å²) in [5.74, 6) is 0.783. The Hall–Kier alpha value is -2.42. The highest BCUT2D eigenvalue weighted by molar-refractivity contribution is 7.13. The van der Waals surface area contributed by atoms with Crippen molar-refractivity contribution in [3.8, 4) is 0 Å². The van der Waals surface area contributed by atoms with Gasteiger partial charge < -0.3 is 16.5 Å². The molecular weight excluding hydrogens is 278 g/mol. The largest absolute Gasteiger partial charge is 0.375 e. The predicted molar refractivity (Wildman–Crippen MR) is 77.5 cm³/mol. The summed E-state index contributed by atoms with van der Waals surface area (Å²) in [6.07, 6.45) is 2.38. The van der Waals surface area contributed by atoms with Gasteiger partial charge in [0, 0.05) is 11.8 Å². The van der Waals surface area contributed by atoms with Crippen LogP contribution in [0.3, 0.4) is 0 Å². The Bertz CT molecular complexity index is 803. The lowest BCUT2D eigenvalue weighted by Gasteiger charge is -1.94. The highest BCUT2D eigenvalue weighted by atomic mass is 32.1. The van der Waals surface area contributed by atoms with E-state index < -0.39 is 0 Å². The van der Waals surface area contributed by atoms with Crippen LogP contribution >= 0.6 is 11.3 Å². The number of nitrogens with one attached hydrogen (secondary N) is 2. The van der Waals surface area contributed by atoms with E-state index in [2.05, 4.69) is 24.9 Å². The summed E-state index contributed by atoms with van der Waals surface area (Å²) in [4.78, 5) is 29.5. The van der Waals surface area contributed by atoms with Crippen molar-refractivity contribution >= 4 is 33.6 Å². The first-order valence-corrected chi connectivity index (χ1v) is 6.94. The van der Waals surface area contributed by atoms with Crippen LogP contribution < -0.4 is 17.0 Å². The molecule has 3 aromatic rings. The smallest absolute Gasteiger partial charge is 0.278 e. The maximum atomic E-state index is 11.6. The Balaban J connectivity index is 1.72. The Morgan fingerprint density at radius 3 is 2.75 bits per heavy atom. The molecule has 3 aromatic heterocycles. The van der Waals surface area contributed by atoms with E-state index in [0.717, 1.165) is 18.5 Å². The summed E-state index contributed by atoms with van der Waals surface area (Å²) in [7, 11) is 0. The number of fused-ring (bicyclic) bond motifs is 1. The van der Waals surface area contributed by atoms with E-state index in [1.165, 1.54) is 11.3 Å². The van der Waals surface area contributed by atoms with Gasteiger partial charge in [0.2, 0.25) is 5.95 Å². The normalized spacial score (nSPS) is 11.2. The van der Waals surface area contributed by atoms with Crippen LogP contribution in [0.25, 0.3) is 11.2 Å². The molecule has 0 aliphatic rings. The van der Waals surface area contributed by atoms with Crippen LogP contribution in [0.1, 0.15) is 17.9 Å². The Morgan fingerprint density at radius 1 is 1.15 bits per heavy atom. The van der Waals surface area contributed by atoms with Crippen LogP contribution in [-0.4, -0.2) is 24.9 Å². The maximum absolute atomic E-state index is 11.6. The molecule has 8 nitrogen and oxygen atoms in total. The van der Waals surface area contributed by atoms with Gasteiger partial charge in [0.25, 0.3) is 5.56 Å². The fourth-order valence-electron chi connectivity index (χ4n) is 1.96. The molecule has 104 valence electrons. The van der Waals surface area contributed by atoms with E-state index >= 15 is 0 Å². The first-order chi connectivity index (χ1) is 9.61. The Kier molecular flexibility index (Phi) is 3.11. The van der Waals surface area contributed by atoms with Crippen LogP contribution in [-0.2, 0) is 12.8 Å². The van der Waals surface area contributed by atoms with Gasteiger partial charge in [-0.25, -0.2) is 9.97 Å². The van der Waals surface area contributed by atoms with Crippen molar-refractivity contribution < 1.29 is 0 Å². The molecule has 0 unspecified atom stereocenters. The number of nitrogen functional groups attached to an aromatic ring is 2. The Labute approximate surface area is 117 Å². The second-order valence-electron chi connectivity index (χ2n) is 4.36. The van der Waals surface area contributed by atoms with Gasteiger partial charge in [-0.1, -0.05) is 0 Å². The van der Waals surface area contributed by atoms with Gasteiger partial charge in [-0.3, -0.25) is 9.78 Å². The van der Waals surface area contributed by atoms with E-state index in [-0.39, 0.29) is 11.5 Å². The molecule has 0 fully saturated rings. The number of rotatable bonds is 4. The third-order valence-corrected chi connectivity index (χ3v) is 3.57. The van der Waals surface area contributed by atoms with E-state index in [0.29, 0.717) is 28.5 Å². The van der Waals surface area contributed by atoms with Gasteiger partial charge in [0.05, 0.1) is 5.69 Å². The van der Waals surface area contributed by atoms with Crippen LogP contribution in [0.5, 0.6) is 0 Å². The van der Waals surface area contributed by atoms with Gasteiger partial charge in [0.1, 0.15) is 5.82 Å². The molecule has 0 aliphatic heterocycles. The minimum Gasteiger partial charge on any atom is -0.375 e. The standard InChI is InChI=1S/C11H13N7OS/c12-10-17-8-7(9(19)18-10)15-6(16-8)3-1-2-5-4-20-11(13)14-5/h4H,1-3H2,(H2,13,14)(H4,12,15,16,17,18,19). The number of thiazole rings is 1. The van der Waals surface area contributed by atoms with E-state index in [1.807, 2.05) is 5.38 Å². The summed E-state index contributed by atoms with van der Waals surface area (Å²) in [5, 5.41) is 2.52. The zero-order valence-corrected chi connectivity index (χ0v) is 11.3. The minimum absolute atomic E-state index is 0.0681. The number of aryl methyl sites for hydroxylation is 2. The summed E-state index contributed by atoms with van der Waals surface area (Å²) in [6.45, 7) is 0. The summed E-state index contributed by atoms with van der Waals surface area (Å²) in [5.41, 5.74) is 12.4. The van der Waals surface area contributed by atoms with Crippen molar-refractivity contribution in [3.63, 3.8) is 0 Å². The van der Waals surface area contributed by atoms with E-state index in [1.54, 1.807) is 0 Å². The van der Waals surface area contributed by atoms with E-state index in [4.69, 9.17) is 11.5 Å². The molecule has 0 amide bonds. The van der Waals surface area contributed by atoms with Gasteiger partial charge in [-0.15, -0.1) is 11.3 Å². The Morgan fingerprint density at radius 2 is 2.00 bits per heavy atom. The average Bonchev–Trinajstić information content (AvgIpc) is 2.96. The second-order valence-corrected chi connectivity index (χ2v) is 5.25. The number of nitrogens with two attached hydrogens (primary N) is 2. The third kappa shape index (κ3) is 2.48. The molecule has 20 heavy (non-hydrogen) atoms. The molecule has 6 N–H and O–H groups in total. The molecule has 0 saturated carbocycles. The number of nitrogens with zero attached hydrogens (tertiary/aromatic N) is 3. The number of aromatic amines is 2. The summed E-state index contributed by atoms with van der Waals surface area (Å²) >= 11 is 1.43. The second kappa shape index (κ2) is 4.93. The van der Waals surface area contributed by atoms with Crippen molar-refractivity contribution in [1.29, 1.82) is 0 Å². The number of aromatic nitrogens is 5. The van der Waals surface area contributed by atoms with Gasteiger partial charge in [0.15, 0.2) is 16.3 Å². The van der Waals surface area contributed by atoms with Crippen molar-refractivity contribution in [2.24, 2.45) is 0 Å². The van der Waals surface area contributed by atoms with Crippen LogP contribution in [0, 0.1) is 0 Å². The lowest BCUT2D eigenvalue weighted by molar-refractivity contribution is 0.774. The third-order valence-electron chi connectivity index (χ3n) is 2.84. The molecule has 0 aromatic carbocycles. The van der Waals surface area contributed by atoms with Crippen molar-refractivity contribution in [2.75, 3.05) is 11.5 Å². The fourth-order valence-corrected chi connectivity index (χ4v) is 2.56. The minimum atomic E-state index is -0.307. The van der Waals surface area contributed by atoms with E-state index in [9.17, 15) is 4.79 Å². The molecule has 0 saturated heterocycles. The lowest BCUT2D eigenvalue weighted by Crippen LogP contribution is -2.10. The molecule has 0 radical (unpaired) electrons. The topological polar surface area (TPSA) is 139 Å². The van der Waals surface area contributed by atoms with Gasteiger partial charge in [-0.2, -0.15) is 4.98 Å². The van der Waals surface area contributed by atoms with Crippen LogP contribution in [0.15, 0.2) is 10.2 Å². The highest BCUT2D eigenvalue weighted by Gasteiger charge is 2.08. The van der Waals surface area contributed by atoms with Gasteiger partial charge >= 0.3 is 0 Å². The average molecular weight is 291 g/mol.